The average Bonchev–Trinajstić information content (AvgIpc) is 2.35. The Labute approximate surface area is 95.8 Å². The SMILES string of the molecule is CCOCCN(C=O)c1ccccc1OC. The molecule has 0 bridgehead atoms. The summed E-state index contributed by atoms with van der Waals surface area (Å²) in [6.07, 6.45) is 0.789. The number of hydrogen-bond acceptors (Lipinski definition) is 3. The van der Waals surface area contributed by atoms with Crippen LogP contribution in [0.4, 0.5) is 5.69 Å². The van der Waals surface area contributed by atoms with Crippen LogP contribution in [0, 0.1) is 0 Å². The van der Waals surface area contributed by atoms with Crippen molar-refractivity contribution < 1.29 is 14.3 Å². The molecule has 1 rings (SSSR count). The topological polar surface area (TPSA) is 38.8 Å². The minimum Gasteiger partial charge on any atom is -0.495 e. The first-order chi connectivity index (χ1) is 7.83. The summed E-state index contributed by atoms with van der Waals surface area (Å²) in [5.74, 6) is 0.686. The fraction of sp³-hybridized carbons (Fsp3) is 0.417. The average molecular weight is 223 g/mol. The van der Waals surface area contributed by atoms with E-state index >= 15 is 0 Å². The molecule has 0 spiro atoms. The van der Waals surface area contributed by atoms with Crippen molar-refractivity contribution in [2.45, 2.75) is 6.92 Å². The summed E-state index contributed by atoms with van der Waals surface area (Å²) < 4.78 is 10.4. The quantitative estimate of drug-likeness (QED) is 0.521. The van der Waals surface area contributed by atoms with E-state index in [4.69, 9.17) is 9.47 Å². The molecule has 0 aromatic heterocycles. The summed E-state index contributed by atoms with van der Waals surface area (Å²) in [6, 6.07) is 7.41. The molecule has 1 aromatic carbocycles. The monoisotopic (exact) mass is 223 g/mol. The summed E-state index contributed by atoms with van der Waals surface area (Å²) in [4.78, 5) is 12.6. The number of carbonyl (C=O) groups is 1. The predicted molar refractivity (Wildman–Crippen MR) is 62.9 cm³/mol. The maximum atomic E-state index is 11.0. The number of carbonyl (C=O) groups excluding carboxylic acids is 1. The van der Waals surface area contributed by atoms with Crippen LogP contribution in [0.3, 0.4) is 0 Å². The second-order valence-electron chi connectivity index (χ2n) is 3.17. The van der Waals surface area contributed by atoms with Gasteiger partial charge < -0.3 is 14.4 Å². The lowest BCUT2D eigenvalue weighted by atomic mass is 10.2. The number of anilines is 1. The molecular formula is C12H17NO3. The Kier molecular flexibility index (Phi) is 5.36. The van der Waals surface area contributed by atoms with Crippen LogP contribution in [0.5, 0.6) is 5.75 Å². The predicted octanol–water partition coefficient (Wildman–Crippen LogP) is 1.69. The number of nitrogens with zero attached hydrogens (tertiary/aromatic N) is 1. The number of rotatable bonds is 7. The fourth-order valence-electron chi connectivity index (χ4n) is 1.40. The maximum Gasteiger partial charge on any atom is 0.214 e. The van der Waals surface area contributed by atoms with Gasteiger partial charge in [-0.15, -0.1) is 0 Å². The highest BCUT2D eigenvalue weighted by atomic mass is 16.5. The molecule has 0 aliphatic heterocycles. The molecule has 0 saturated carbocycles. The molecule has 0 heterocycles. The zero-order chi connectivity index (χ0) is 11.8. The summed E-state index contributed by atoms with van der Waals surface area (Å²) in [7, 11) is 1.59. The van der Waals surface area contributed by atoms with Crippen molar-refractivity contribution in [3.05, 3.63) is 24.3 Å². The maximum absolute atomic E-state index is 11.0. The normalized spacial score (nSPS) is 9.88. The van der Waals surface area contributed by atoms with Crippen molar-refractivity contribution >= 4 is 12.1 Å². The Hall–Kier alpha value is -1.55. The third-order valence-electron chi connectivity index (χ3n) is 2.20. The molecule has 4 heteroatoms. The van der Waals surface area contributed by atoms with Gasteiger partial charge in [0.1, 0.15) is 5.75 Å². The second-order valence-corrected chi connectivity index (χ2v) is 3.17. The molecule has 0 N–H and O–H groups in total. The van der Waals surface area contributed by atoms with Gasteiger partial charge >= 0.3 is 0 Å². The standard InChI is InChI=1S/C12H17NO3/c1-3-16-9-8-13(10-14)11-6-4-5-7-12(11)15-2/h4-7,10H,3,8-9H2,1-2H3. The van der Waals surface area contributed by atoms with E-state index in [0.717, 1.165) is 12.1 Å². The van der Waals surface area contributed by atoms with Crippen LogP contribution < -0.4 is 9.64 Å². The van der Waals surface area contributed by atoms with Crippen molar-refractivity contribution in [1.29, 1.82) is 0 Å². The number of benzene rings is 1. The smallest absolute Gasteiger partial charge is 0.214 e. The van der Waals surface area contributed by atoms with E-state index in [0.29, 0.717) is 25.5 Å². The Morgan fingerprint density at radius 3 is 2.75 bits per heavy atom. The van der Waals surface area contributed by atoms with E-state index < -0.39 is 0 Å². The molecule has 1 amide bonds. The van der Waals surface area contributed by atoms with Gasteiger partial charge in [-0.2, -0.15) is 0 Å². The largest absolute Gasteiger partial charge is 0.495 e. The summed E-state index contributed by atoms with van der Waals surface area (Å²) in [5, 5.41) is 0. The van der Waals surface area contributed by atoms with Crippen LogP contribution in [0.2, 0.25) is 0 Å². The Morgan fingerprint density at radius 2 is 2.12 bits per heavy atom. The van der Waals surface area contributed by atoms with Gasteiger partial charge in [0.2, 0.25) is 6.41 Å². The highest BCUT2D eigenvalue weighted by Gasteiger charge is 2.09. The number of hydrogen-bond donors (Lipinski definition) is 0. The third-order valence-corrected chi connectivity index (χ3v) is 2.20. The molecule has 1 aromatic rings. The van der Waals surface area contributed by atoms with Gasteiger partial charge in [-0.3, -0.25) is 4.79 Å². The lowest BCUT2D eigenvalue weighted by Crippen LogP contribution is -2.26. The van der Waals surface area contributed by atoms with E-state index in [1.54, 1.807) is 12.0 Å². The number of amides is 1. The Bertz CT molecular complexity index is 328. The van der Waals surface area contributed by atoms with E-state index in [9.17, 15) is 4.79 Å². The van der Waals surface area contributed by atoms with Crippen LogP contribution in [0.1, 0.15) is 6.92 Å². The highest BCUT2D eigenvalue weighted by molar-refractivity contribution is 5.78. The van der Waals surface area contributed by atoms with Crippen LogP contribution in [-0.4, -0.2) is 33.3 Å². The molecule has 4 nitrogen and oxygen atoms in total. The first kappa shape index (κ1) is 12.5. The van der Waals surface area contributed by atoms with E-state index in [1.807, 2.05) is 31.2 Å². The van der Waals surface area contributed by atoms with Crippen molar-refractivity contribution in [2.75, 3.05) is 31.8 Å². The fourth-order valence-corrected chi connectivity index (χ4v) is 1.40. The van der Waals surface area contributed by atoms with Crippen molar-refractivity contribution in [1.82, 2.24) is 0 Å². The second kappa shape index (κ2) is 6.85. The molecule has 0 aliphatic carbocycles. The first-order valence-electron chi connectivity index (χ1n) is 5.26. The summed E-state index contributed by atoms with van der Waals surface area (Å²) in [5.41, 5.74) is 0.764. The molecule has 0 fully saturated rings. The molecule has 0 atom stereocenters. The lowest BCUT2D eigenvalue weighted by Gasteiger charge is -2.19. The molecule has 0 saturated heterocycles. The van der Waals surface area contributed by atoms with Gasteiger partial charge in [-0.25, -0.2) is 0 Å². The van der Waals surface area contributed by atoms with Crippen LogP contribution in [0.15, 0.2) is 24.3 Å². The van der Waals surface area contributed by atoms with Gasteiger partial charge in [0, 0.05) is 13.2 Å². The molecular weight excluding hydrogens is 206 g/mol. The molecule has 16 heavy (non-hydrogen) atoms. The highest BCUT2D eigenvalue weighted by Crippen LogP contribution is 2.26. The minimum atomic E-state index is 0.521. The molecule has 0 radical (unpaired) electrons. The van der Waals surface area contributed by atoms with Gasteiger partial charge in [0.05, 0.1) is 19.4 Å². The van der Waals surface area contributed by atoms with Crippen LogP contribution in [-0.2, 0) is 9.53 Å². The van der Waals surface area contributed by atoms with E-state index in [-0.39, 0.29) is 0 Å². The van der Waals surface area contributed by atoms with Gasteiger partial charge in [-0.05, 0) is 19.1 Å². The van der Waals surface area contributed by atoms with Gasteiger partial charge in [-0.1, -0.05) is 12.1 Å². The Morgan fingerprint density at radius 1 is 1.38 bits per heavy atom. The lowest BCUT2D eigenvalue weighted by molar-refractivity contribution is -0.107. The third kappa shape index (κ3) is 3.24. The minimum absolute atomic E-state index is 0.521. The zero-order valence-electron chi connectivity index (χ0n) is 9.68. The first-order valence-corrected chi connectivity index (χ1v) is 5.26. The van der Waals surface area contributed by atoms with E-state index in [1.165, 1.54) is 0 Å². The number of methoxy groups -OCH3 is 1. The molecule has 88 valence electrons. The van der Waals surface area contributed by atoms with Crippen molar-refractivity contribution in [2.24, 2.45) is 0 Å². The van der Waals surface area contributed by atoms with Gasteiger partial charge in [0.25, 0.3) is 0 Å². The van der Waals surface area contributed by atoms with Crippen LogP contribution >= 0.6 is 0 Å². The van der Waals surface area contributed by atoms with Gasteiger partial charge in [0.15, 0.2) is 0 Å². The number of para-hydroxylation sites is 2. The number of ether oxygens (including phenoxy) is 2. The van der Waals surface area contributed by atoms with Crippen LogP contribution in [0.25, 0.3) is 0 Å². The zero-order valence-corrected chi connectivity index (χ0v) is 9.68. The Balaban J connectivity index is 2.73. The van der Waals surface area contributed by atoms with Crippen molar-refractivity contribution in [3.63, 3.8) is 0 Å². The molecule has 0 unspecified atom stereocenters. The summed E-state index contributed by atoms with van der Waals surface area (Å²) in [6.45, 7) is 3.62. The van der Waals surface area contributed by atoms with E-state index in [2.05, 4.69) is 0 Å². The summed E-state index contributed by atoms with van der Waals surface area (Å²) >= 11 is 0. The van der Waals surface area contributed by atoms with Crippen molar-refractivity contribution in [3.8, 4) is 5.75 Å². The molecule has 0 aliphatic rings.